The summed E-state index contributed by atoms with van der Waals surface area (Å²) in [5, 5.41) is 24.3. The molecule has 11 heterocycles. The smallest absolute Gasteiger partial charge is 0.348 e. The highest BCUT2D eigenvalue weighted by Gasteiger charge is 2.20. The molecular weight excluding hydrogens is 1130 g/mol. The lowest BCUT2D eigenvalue weighted by atomic mass is 10.2. The van der Waals surface area contributed by atoms with E-state index < -0.39 is 5.91 Å². The Bertz CT molecular complexity index is 4100. The number of imidazole rings is 3. The van der Waals surface area contributed by atoms with Crippen molar-refractivity contribution in [1.29, 1.82) is 0 Å². The third-order valence-electron chi connectivity index (χ3n) is 12.7. The number of aromatic nitrogens is 15. The second-order valence-electron chi connectivity index (χ2n) is 19.0. The van der Waals surface area contributed by atoms with Gasteiger partial charge in [-0.3, -0.25) is 37.2 Å². The highest BCUT2D eigenvalue weighted by molar-refractivity contribution is 7.18. The van der Waals surface area contributed by atoms with Crippen LogP contribution >= 0.6 is 22.7 Å². The molecule has 448 valence electrons. The number of aliphatic imine (C=N–C) groups is 1. The largest absolute Gasteiger partial charge is 0.462 e. The Kier molecular flexibility index (Phi) is 21.1. The van der Waals surface area contributed by atoms with Crippen LogP contribution in [0.1, 0.15) is 74.9 Å². The molecule has 0 aliphatic rings. The minimum Gasteiger partial charge on any atom is -0.462 e. The van der Waals surface area contributed by atoms with E-state index in [0.29, 0.717) is 84.9 Å². The molecule has 11 aromatic heterocycles. The van der Waals surface area contributed by atoms with Crippen LogP contribution in [-0.2, 0) is 45.3 Å². The van der Waals surface area contributed by atoms with E-state index in [0.717, 1.165) is 83.5 Å². The molecule has 0 aliphatic heterocycles. The molecule has 0 spiro atoms. The van der Waals surface area contributed by atoms with Crippen LogP contribution in [0.25, 0.3) is 51.3 Å². The van der Waals surface area contributed by atoms with Crippen molar-refractivity contribution in [2.24, 2.45) is 49.1 Å². The number of fused-ring (bicyclic) bond motifs is 2. The van der Waals surface area contributed by atoms with E-state index in [1.165, 1.54) is 22.7 Å². The second kappa shape index (κ2) is 29.2. The molecule has 0 aromatic carbocycles. The molecule has 0 bridgehead atoms. The number of nitrogens with one attached hydrogen (secondary N) is 3. The maximum atomic E-state index is 12.2. The molecule has 1 amide bonds. The summed E-state index contributed by atoms with van der Waals surface area (Å²) in [5.41, 5.74) is 33.8. The van der Waals surface area contributed by atoms with Crippen molar-refractivity contribution >= 4 is 86.2 Å². The lowest BCUT2D eigenvalue weighted by Crippen LogP contribution is -2.09. The number of anilines is 5. The highest BCUT2D eigenvalue weighted by Crippen LogP contribution is 2.33. The fourth-order valence-electron chi connectivity index (χ4n) is 8.84. The normalized spacial score (nSPS) is 11.1. The molecular formula is C58H71N23O3S2. The molecule has 26 nitrogen and oxygen atoms in total. The summed E-state index contributed by atoms with van der Waals surface area (Å²) in [4.78, 5) is 56.2. The number of nitrogens with two attached hydrogens (primary N) is 4. The summed E-state index contributed by atoms with van der Waals surface area (Å²) < 4.78 is 16.4. The standard InChI is InChI=1S/C20H23N7O2S.C19H24N8OS.C17H18N8.C2H6/c1-4-29-20(28)17-12(2)7-16(30-17)25-18-19-22-9-15(13-8-23-26(3)10-13)27(19)11-14(24-18)5-6-21;1-12-6-17(29-18(12)19(21)28)24-9-16-23-8-15(13-7-25-26(3)10-13)27(16)11-14(22-2)4-5-20;1-24-10-12(8-21-24)14-9-20-17-16(23-15-4-2-3-7-19-15)22-13(5-6-18)11-25(14)17;1-2/h7-11H,4-6,21H2,1-3H3,(H,24,25);6-8,10-11,24H,2,4-5,9,20H2,1,3H3,(H2,21,28);2-4,7-11H,5-6,18H2,1H3,(H,19,22,23);1-2H3/b;14-11-;;. The van der Waals surface area contributed by atoms with Crippen molar-refractivity contribution in [3.8, 4) is 33.8 Å². The summed E-state index contributed by atoms with van der Waals surface area (Å²) >= 11 is 2.67. The van der Waals surface area contributed by atoms with E-state index in [2.05, 4.69) is 67.9 Å². The van der Waals surface area contributed by atoms with E-state index in [1.54, 1.807) is 52.0 Å². The topological polar surface area (TPSA) is 340 Å². The van der Waals surface area contributed by atoms with E-state index in [1.807, 2.05) is 142 Å². The summed E-state index contributed by atoms with van der Waals surface area (Å²) in [5.74, 6) is 2.00. The third kappa shape index (κ3) is 15.0. The van der Waals surface area contributed by atoms with Crippen LogP contribution in [0.2, 0.25) is 0 Å². The van der Waals surface area contributed by atoms with Gasteiger partial charge < -0.3 is 43.6 Å². The molecule has 86 heavy (non-hydrogen) atoms. The van der Waals surface area contributed by atoms with Crippen LogP contribution < -0.4 is 38.9 Å². The Morgan fingerprint density at radius 2 is 1.22 bits per heavy atom. The second-order valence-corrected chi connectivity index (χ2v) is 21.1. The molecule has 0 saturated heterocycles. The molecule has 0 atom stereocenters. The van der Waals surface area contributed by atoms with Crippen LogP contribution in [0.3, 0.4) is 0 Å². The average molecular weight is 1200 g/mol. The van der Waals surface area contributed by atoms with Gasteiger partial charge in [0, 0.05) is 100 Å². The van der Waals surface area contributed by atoms with Gasteiger partial charge in [-0.25, -0.2) is 34.7 Å². The van der Waals surface area contributed by atoms with Crippen LogP contribution in [0.5, 0.6) is 0 Å². The first-order valence-electron chi connectivity index (χ1n) is 27.6. The maximum absolute atomic E-state index is 12.2. The molecule has 28 heteroatoms. The Hall–Kier alpha value is -9.74. The van der Waals surface area contributed by atoms with E-state index in [9.17, 15) is 9.59 Å². The van der Waals surface area contributed by atoms with Crippen molar-refractivity contribution in [2.75, 3.05) is 42.2 Å². The first-order valence-corrected chi connectivity index (χ1v) is 29.2. The number of hydrogen-bond acceptors (Lipinski definition) is 21. The van der Waals surface area contributed by atoms with Crippen LogP contribution in [0.4, 0.5) is 27.5 Å². The number of hydrogen-bond donors (Lipinski definition) is 7. The number of esters is 1. The molecule has 11 rings (SSSR count). The SMILES string of the molecule is C=N/C(=C\n1c(-c2cnn(C)c2)cnc1CNc1cc(C)c(C(N)=O)s1)CCN.CC.CCOC(=O)c1sc(Nc2nc(CCN)cn3c(-c4cnn(C)c4)cnc23)cc1C.Cn1cc(-c2cnc3c(Nc4ccccn4)nc(CCN)cn23)cn1. The minimum atomic E-state index is -0.424. The molecule has 0 saturated carbocycles. The van der Waals surface area contributed by atoms with Gasteiger partial charge in [-0.05, 0) is 82.5 Å². The number of aryl methyl sites for hydroxylation is 5. The van der Waals surface area contributed by atoms with E-state index in [4.69, 9.17) is 32.7 Å². The first-order chi connectivity index (χ1) is 41.7. The van der Waals surface area contributed by atoms with Crippen molar-refractivity contribution < 1.29 is 14.3 Å². The number of thiophene rings is 2. The van der Waals surface area contributed by atoms with Crippen molar-refractivity contribution in [3.63, 3.8) is 0 Å². The number of rotatable bonds is 21. The maximum Gasteiger partial charge on any atom is 0.348 e. The third-order valence-corrected chi connectivity index (χ3v) is 15.1. The van der Waals surface area contributed by atoms with Crippen LogP contribution in [0, 0.1) is 13.8 Å². The van der Waals surface area contributed by atoms with Gasteiger partial charge in [0.15, 0.2) is 22.9 Å². The summed E-state index contributed by atoms with van der Waals surface area (Å²) in [7, 11) is 5.63. The average Bonchev–Trinajstić information content (AvgIpc) is 2.09. The zero-order valence-electron chi connectivity index (χ0n) is 49.3. The number of carbonyl (C=O) groups is 2. The van der Waals surface area contributed by atoms with Crippen molar-refractivity contribution in [1.82, 2.24) is 72.6 Å². The molecule has 0 aliphatic carbocycles. The van der Waals surface area contributed by atoms with E-state index in [-0.39, 0.29) is 5.97 Å². The van der Waals surface area contributed by atoms with Gasteiger partial charge in [-0.15, -0.1) is 22.7 Å². The predicted octanol–water partition coefficient (Wildman–Crippen LogP) is 7.93. The Morgan fingerprint density at radius 3 is 1.71 bits per heavy atom. The van der Waals surface area contributed by atoms with Gasteiger partial charge in [0.2, 0.25) is 0 Å². The molecule has 0 unspecified atom stereocenters. The predicted molar refractivity (Wildman–Crippen MR) is 340 cm³/mol. The Morgan fingerprint density at radius 1 is 0.686 bits per heavy atom. The zero-order chi connectivity index (χ0) is 61.4. The molecule has 11 N–H and O–H groups in total. The van der Waals surface area contributed by atoms with Gasteiger partial charge in [0.05, 0.1) is 99.4 Å². The Labute approximate surface area is 504 Å². The van der Waals surface area contributed by atoms with Gasteiger partial charge in [0.1, 0.15) is 16.5 Å². The molecule has 0 fully saturated rings. The van der Waals surface area contributed by atoms with Gasteiger partial charge in [-0.1, -0.05) is 19.9 Å². The summed E-state index contributed by atoms with van der Waals surface area (Å²) in [6.45, 7) is 15.5. The van der Waals surface area contributed by atoms with E-state index >= 15 is 0 Å². The number of primary amides is 1. The van der Waals surface area contributed by atoms with Gasteiger partial charge in [0.25, 0.3) is 5.91 Å². The molecule has 0 radical (unpaired) electrons. The number of ether oxygens (including phenoxy) is 1. The minimum absolute atomic E-state index is 0.317. The fourth-order valence-corrected chi connectivity index (χ4v) is 10.7. The van der Waals surface area contributed by atoms with Gasteiger partial charge in [-0.2, -0.15) is 15.3 Å². The van der Waals surface area contributed by atoms with Gasteiger partial charge >= 0.3 is 5.97 Å². The summed E-state index contributed by atoms with van der Waals surface area (Å²) in [6, 6.07) is 9.49. The number of nitrogens with zero attached hydrogens (tertiary/aromatic N) is 16. The number of pyridine rings is 1. The monoisotopic (exact) mass is 1200 g/mol. The lowest BCUT2D eigenvalue weighted by Gasteiger charge is -2.10. The lowest BCUT2D eigenvalue weighted by molar-refractivity contribution is 0.0531. The summed E-state index contributed by atoms with van der Waals surface area (Å²) in [6.07, 6.45) is 26.1. The quantitative estimate of drug-likeness (QED) is 0.0265. The first kappa shape index (κ1) is 62.3. The van der Waals surface area contributed by atoms with Crippen molar-refractivity contribution in [2.45, 2.75) is 60.4 Å². The number of amides is 1. The van der Waals surface area contributed by atoms with Crippen LogP contribution in [-0.4, -0.2) is 117 Å². The van der Waals surface area contributed by atoms with Crippen LogP contribution in [0.15, 0.2) is 115 Å². The van der Waals surface area contributed by atoms with Crippen molar-refractivity contribution in [3.05, 3.63) is 148 Å². The Balaban J connectivity index is 0.000000166. The highest BCUT2D eigenvalue weighted by atomic mass is 32.1. The number of carbonyl (C=O) groups excluding carboxylic acids is 2. The molecule has 11 aromatic rings. The fraction of sp³-hybridized carbons (Fsp3) is 0.276. The zero-order valence-corrected chi connectivity index (χ0v) is 50.9.